The third kappa shape index (κ3) is 3.70. The molecule has 11 aromatic rings. The second-order valence-electron chi connectivity index (χ2n) is 13.8. The number of benzene rings is 7. The maximum Gasteiger partial charge on any atom is 0.138 e. The fourth-order valence-corrected chi connectivity index (χ4v) is 8.88. The van der Waals surface area contributed by atoms with Gasteiger partial charge in [-0.3, -0.25) is 9.55 Å². The zero-order valence-electron chi connectivity index (χ0n) is 28.0. The van der Waals surface area contributed by atoms with Crippen molar-refractivity contribution in [2.75, 3.05) is 0 Å². The minimum absolute atomic E-state index is 0.912. The van der Waals surface area contributed by atoms with Gasteiger partial charge in [0.1, 0.15) is 5.82 Å². The Morgan fingerprint density at radius 2 is 1.10 bits per heavy atom. The molecule has 0 bridgehead atoms. The number of rotatable bonds is 3. The number of hydrogen-bond acceptors (Lipinski definition) is 2. The van der Waals surface area contributed by atoms with Gasteiger partial charge in [-0.05, 0) is 105 Å². The van der Waals surface area contributed by atoms with Gasteiger partial charge in [0, 0.05) is 50.6 Å². The number of hydrogen-bond donors (Lipinski definition) is 0. The van der Waals surface area contributed by atoms with Gasteiger partial charge in [0.2, 0.25) is 0 Å². The lowest BCUT2D eigenvalue weighted by Gasteiger charge is -2.10. The van der Waals surface area contributed by atoms with E-state index in [0.717, 1.165) is 27.9 Å². The van der Waals surface area contributed by atoms with Crippen molar-refractivity contribution in [2.24, 2.45) is 0 Å². The highest BCUT2D eigenvalue weighted by Crippen LogP contribution is 2.47. The molecule has 0 saturated carbocycles. The highest BCUT2D eigenvalue weighted by Gasteiger charge is 2.24. The highest BCUT2D eigenvalue weighted by molar-refractivity contribution is 6.22. The van der Waals surface area contributed by atoms with Crippen LogP contribution in [0.3, 0.4) is 0 Å². The molecule has 0 spiro atoms. The van der Waals surface area contributed by atoms with E-state index >= 15 is 0 Å². The summed E-state index contributed by atoms with van der Waals surface area (Å²) in [6.07, 6.45) is 3.95. The molecular formula is C48H28N4. The van der Waals surface area contributed by atoms with Crippen LogP contribution in [0.5, 0.6) is 0 Å². The van der Waals surface area contributed by atoms with Gasteiger partial charge in [-0.15, -0.1) is 0 Å². The first kappa shape index (κ1) is 27.7. The fraction of sp³-hybridized carbons (Fsp3) is 0. The summed E-state index contributed by atoms with van der Waals surface area (Å²) in [6, 6.07) is 57.2. The lowest BCUT2D eigenvalue weighted by atomic mass is 9.99. The fourth-order valence-electron chi connectivity index (χ4n) is 8.88. The number of fused-ring (bicyclic) bond motifs is 11. The summed E-state index contributed by atoms with van der Waals surface area (Å²) in [6.45, 7) is 0. The van der Waals surface area contributed by atoms with Gasteiger partial charge in [-0.2, -0.15) is 0 Å². The normalized spacial score (nSPS) is 12.2. The molecule has 4 nitrogen and oxygen atoms in total. The van der Waals surface area contributed by atoms with Crippen LogP contribution in [-0.4, -0.2) is 19.1 Å². The Balaban J connectivity index is 1.10. The summed E-state index contributed by atoms with van der Waals surface area (Å²) in [4.78, 5) is 9.82. The smallest absolute Gasteiger partial charge is 0.138 e. The van der Waals surface area contributed by atoms with E-state index in [1.807, 2.05) is 12.4 Å². The summed E-state index contributed by atoms with van der Waals surface area (Å²) in [5.41, 5.74) is 14.1. The van der Waals surface area contributed by atoms with Crippen molar-refractivity contribution in [3.63, 3.8) is 0 Å². The Kier molecular flexibility index (Phi) is 5.47. The topological polar surface area (TPSA) is 35.6 Å². The first-order valence-corrected chi connectivity index (χ1v) is 17.7. The Hall–Kier alpha value is -7.04. The maximum atomic E-state index is 5.15. The molecule has 7 aromatic carbocycles. The van der Waals surface area contributed by atoms with Crippen molar-refractivity contribution in [2.45, 2.75) is 0 Å². The molecule has 1 aliphatic carbocycles. The molecule has 0 N–H and O–H groups in total. The Labute approximate surface area is 298 Å². The summed E-state index contributed by atoms with van der Waals surface area (Å²) in [7, 11) is 0. The minimum Gasteiger partial charge on any atom is -0.309 e. The van der Waals surface area contributed by atoms with Gasteiger partial charge >= 0.3 is 0 Å². The van der Waals surface area contributed by atoms with Crippen LogP contribution in [0.2, 0.25) is 0 Å². The van der Waals surface area contributed by atoms with Crippen LogP contribution in [0.25, 0.3) is 110 Å². The zero-order chi connectivity index (χ0) is 33.9. The molecule has 4 heterocycles. The molecule has 0 atom stereocenters. The van der Waals surface area contributed by atoms with Crippen LogP contribution in [0.1, 0.15) is 0 Å². The van der Waals surface area contributed by atoms with E-state index in [1.165, 1.54) is 82.2 Å². The van der Waals surface area contributed by atoms with Crippen LogP contribution in [0, 0.1) is 0 Å². The van der Waals surface area contributed by atoms with Crippen molar-refractivity contribution < 1.29 is 0 Å². The maximum absolute atomic E-state index is 5.15. The van der Waals surface area contributed by atoms with Crippen LogP contribution in [0.4, 0.5) is 0 Å². The Bertz CT molecular complexity index is 3290. The third-order valence-corrected chi connectivity index (χ3v) is 11.1. The van der Waals surface area contributed by atoms with Crippen LogP contribution in [0.15, 0.2) is 170 Å². The second-order valence-corrected chi connectivity index (χ2v) is 13.8. The number of para-hydroxylation sites is 2. The molecule has 0 saturated heterocycles. The predicted molar refractivity (Wildman–Crippen MR) is 216 cm³/mol. The molecule has 0 amide bonds. The largest absolute Gasteiger partial charge is 0.309 e. The van der Waals surface area contributed by atoms with Gasteiger partial charge in [0.25, 0.3) is 0 Å². The quantitative estimate of drug-likeness (QED) is 0.189. The van der Waals surface area contributed by atoms with E-state index in [-0.39, 0.29) is 0 Å². The summed E-state index contributed by atoms with van der Waals surface area (Å²) >= 11 is 0. The Morgan fingerprint density at radius 1 is 0.385 bits per heavy atom. The highest BCUT2D eigenvalue weighted by atomic mass is 15.1. The molecule has 0 fully saturated rings. The van der Waals surface area contributed by atoms with E-state index in [4.69, 9.17) is 4.98 Å². The van der Waals surface area contributed by atoms with Gasteiger partial charge in [0.05, 0.1) is 27.6 Å². The van der Waals surface area contributed by atoms with E-state index in [9.17, 15) is 0 Å². The number of nitrogens with zero attached hydrogens (tertiary/aromatic N) is 4. The number of aromatic nitrogens is 4. The molecule has 0 unspecified atom stereocenters. The molecule has 1 aliphatic rings. The molecule has 52 heavy (non-hydrogen) atoms. The molecule has 0 aliphatic heterocycles. The van der Waals surface area contributed by atoms with Crippen molar-refractivity contribution in [3.8, 4) is 44.9 Å². The van der Waals surface area contributed by atoms with Crippen molar-refractivity contribution in [1.29, 1.82) is 0 Å². The standard InChI is InChI=1S/C48H28N4/c1-2-10-32(11-3-1)51-42-16-7-6-13-34(42)38-25-30(18-20-43(38)51)31-19-21-44-39(26-31)48-33-12-5-4-9-29(33)17-22-45(48)52(44)46-27-37-35-14-8-15-41-47(35)36(23-24-49-41)40(37)28-50-46/h1-28H. The van der Waals surface area contributed by atoms with Crippen molar-refractivity contribution >= 4 is 65.3 Å². The molecule has 240 valence electrons. The lowest BCUT2D eigenvalue weighted by molar-refractivity contribution is 1.08. The van der Waals surface area contributed by atoms with Crippen molar-refractivity contribution in [3.05, 3.63) is 170 Å². The van der Waals surface area contributed by atoms with Gasteiger partial charge in [-0.1, -0.05) is 91.0 Å². The first-order chi connectivity index (χ1) is 25.8. The van der Waals surface area contributed by atoms with E-state index < -0.39 is 0 Å². The van der Waals surface area contributed by atoms with Gasteiger partial charge in [-0.25, -0.2) is 4.98 Å². The Morgan fingerprint density at radius 3 is 1.98 bits per heavy atom. The second kappa shape index (κ2) is 10.3. The summed E-state index contributed by atoms with van der Waals surface area (Å²) in [5.74, 6) is 0.912. The first-order valence-electron chi connectivity index (χ1n) is 17.7. The average Bonchev–Trinajstić information content (AvgIpc) is 3.84. The van der Waals surface area contributed by atoms with Gasteiger partial charge < -0.3 is 4.57 Å². The molecule has 4 aromatic heterocycles. The average molecular weight is 661 g/mol. The van der Waals surface area contributed by atoms with Gasteiger partial charge in [0.15, 0.2) is 0 Å². The zero-order valence-corrected chi connectivity index (χ0v) is 28.0. The van der Waals surface area contributed by atoms with Crippen molar-refractivity contribution in [1.82, 2.24) is 19.1 Å². The molecule has 4 heteroatoms. The number of pyridine rings is 2. The molecular weight excluding hydrogens is 633 g/mol. The van der Waals surface area contributed by atoms with E-state index in [2.05, 4.69) is 172 Å². The van der Waals surface area contributed by atoms with Crippen LogP contribution >= 0.6 is 0 Å². The minimum atomic E-state index is 0.912. The summed E-state index contributed by atoms with van der Waals surface area (Å²) in [5, 5.41) is 8.64. The predicted octanol–water partition coefficient (Wildman–Crippen LogP) is 12.3. The summed E-state index contributed by atoms with van der Waals surface area (Å²) < 4.78 is 4.72. The van der Waals surface area contributed by atoms with Crippen LogP contribution in [-0.2, 0) is 0 Å². The van der Waals surface area contributed by atoms with Crippen LogP contribution < -0.4 is 0 Å². The monoisotopic (exact) mass is 660 g/mol. The molecule has 0 radical (unpaired) electrons. The van der Waals surface area contributed by atoms with E-state index in [1.54, 1.807) is 0 Å². The lowest BCUT2D eigenvalue weighted by Crippen LogP contribution is -1.98. The SMILES string of the molecule is c1ccc(-n2c3ccccc3c3cc(-c4ccc5c(c4)c4c6ccccc6ccc4n5-c4cc5c(cn4)-c4ccnc6cccc-5c46)ccc32)cc1. The third-order valence-electron chi connectivity index (χ3n) is 11.1. The molecule has 12 rings (SSSR count). The van der Waals surface area contributed by atoms with E-state index in [0.29, 0.717) is 0 Å².